The predicted molar refractivity (Wildman–Crippen MR) is 122 cm³/mol. The minimum absolute atomic E-state index is 0.0451. The molecule has 8 heteroatoms. The number of sulfonamides is 1. The highest BCUT2D eigenvalue weighted by molar-refractivity contribution is 7.92. The Morgan fingerprint density at radius 3 is 2.28 bits per heavy atom. The summed E-state index contributed by atoms with van der Waals surface area (Å²) in [5, 5.41) is 4.03. The second-order valence-electron chi connectivity index (χ2n) is 9.81. The minimum atomic E-state index is -3.79. The van der Waals surface area contributed by atoms with Gasteiger partial charge in [-0.3, -0.25) is 9.59 Å². The molecule has 4 aliphatic rings. The summed E-state index contributed by atoms with van der Waals surface area (Å²) in [5.74, 6) is 1.25. The molecule has 1 aromatic carbocycles. The Balaban J connectivity index is 1.19. The highest BCUT2D eigenvalue weighted by Crippen LogP contribution is 2.61. The zero-order valence-corrected chi connectivity index (χ0v) is 19.3. The first-order chi connectivity index (χ1) is 15.2. The van der Waals surface area contributed by atoms with Crippen LogP contribution < -0.4 is 10.0 Å². The Hall–Kier alpha value is -2.19. The molecule has 0 radical (unpaired) electrons. The number of carbonyl (C=O) groups is 2. The molecule has 4 aliphatic carbocycles. The summed E-state index contributed by atoms with van der Waals surface area (Å²) in [4.78, 5) is 24.3. The third-order valence-electron chi connectivity index (χ3n) is 7.40. The quantitative estimate of drug-likeness (QED) is 0.552. The second kappa shape index (κ2) is 9.35. The first-order valence-electron chi connectivity index (χ1n) is 11.4. The van der Waals surface area contributed by atoms with E-state index in [-0.39, 0.29) is 17.4 Å². The molecule has 1 aromatic rings. The lowest BCUT2D eigenvalue weighted by Crippen LogP contribution is -2.56. The molecule has 0 aliphatic heterocycles. The van der Waals surface area contributed by atoms with Crippen molar-refractivity contribution in [1.29, 1.82) is 0 Å². The van der Waals surface area contributed by atoms with Crippen molar-refractivity contribution in [3.8, 4) is 0 Å². The highest BCUT2D eigenvalue weighted by Gasteiger charge is 2.53. The fourth-order valence-corrected chi connectivity index (χ4v) is 7.03. The van der Waals surface area contributed by atoms with Crippen molar-refractivity contribution in [3.63, 3.8) is 0 Å². The van der Waals surface area contributed by atoms with E-state index in [4.69, 9.17) is 4.74 Å². The number of esters is 1. The average Bonchev–Trinajstić information content (AvgIpc) is 2.75. The van der Waals surface area contributed by atoms with E-state index in [1.54, 1.807) is 24.3 Å². The van der Waals surface area contributed by atoms with E-state index in [9.17, 15) is 18.0 Å². The number of hydrogen-bond donors (Lipinski definition) is 2. The zero-order chi connectivity index (χ0) is 22.8. The molecule has 5 rings (SSSR count). The topological polar surface area (TPSA) is 102 Å². The summed E-state index contributed by atoms with van der Waals surface area (Å²) in [6.07, 6.45) is 9.00. The van der Waals surface area contributed by atoms with Crippen molar-refractivity contribution in [2.75, 3.05) is 13.2 Å². The Bertz CT molecular complexity index is 938. The van der Waals surface area contributed by atoms with Crippen LogP contribution in [0.4, 0.5) is 0 Å². The van der Waals surface area contributed by atoms with Gasteiger partial charge < -0.3 is 10.1 Å². The number of ether oxygens (including phenoxy) is 1. The van der Waals surface area contributed by atoms with Crippen molar-refractivity contribution in [2.45, 2.75) is 51.5 Å². The lowest BCUT2D eigenvalue weighted by Gasteiger charge is -2.59. The Morgan fingerprint density at radius 2 is 1.69 bits per heavy atom. The number of hydrogen-bond acceptors (Lipinski definition) is 5. The van der Waals surface area contributed by atoms with E-state index in [1.165, 1.54) is 44.6 Å². The van der Waals surface area contributed by atoms with Crippen LogP contribution in [0.2, 0.25) is 0 Å². The van der Waals surface area contributed by atoms with E-state index in [1.807, 2.05) is 6.07 Å². The van der Waals surface area contributed by atoms with Crippen LogP contribution in [-0.4, -0.2) is 39.5 Å². The molecule has 1 unspecified atom stereocenters. The van der Waals surface area contributed by atoms with Gasteiger partial charge in [-0.25, -0.2) is 13.1 Å². The van der Waals surface area contributed by atoms with Gasteiger partial charge in [-0.05, 0) is 80.3 Å². The van der Waals surface area contributed by atoms with Crippen molar-refractivity contribution in [3.05, 3.63) is 41.3 Å². The third kappa shape index (κ3) is 5.59. The molecule has 7 nitrogen and oxygen atoms in total. The van der Waals surface area contributed by atoms with Gasteiger partial charge in [-0.2, -0.15) is 0 Å². The molecule has 32 heavy (non-hydrogen) atoms. The molecule has 1 amide bonds. The smallest absolute Gasteiger partial charge is 0.321 e. The molecular weight excluding hydrogens is 428 g/mol. The molecule has 0 saturated heterocycles. The average molecular weight is 461 g/mol. The maximum atomic E-state index is 12.4. The fraction of sp³-hybridized carbons (Fsp3) is 0.583. The molecule has 4 bridgehead atoms. The maximum absolute atomic E-state index is 12.4. The summed E-state index contributed by atoms with van der Waals surface area (Å²) < 4.78 is 31.2. The predicted octanol–water partition coefficient (Wildman–Crippen LogP) is 2.84. The lowest BCUT2D eigenvalue weighted by atomic mass is 9.48. The van der Waals surface area contributed by atoms with Crippen LogP contribution in [0.15, 0.2) is 35.7 Å². The fourth-order valence-electron chi connectivity index (χ4n) is 6.28. The molecule has 4 saturated carbocycles. The monoisotopic (exact) mass is 460 g/mol. The first-order valence-corrected chi connectivity index (χ1v) is 13.0. The first kappa shape index (κ1) is 23.0. The van der Waals surface area contributed by atoms with Gasteiger partial charge in [-0.1, -0.05) is 30.3 Å². The van der Waals surface area contributed by atoms with E-state index in [0.717, 1.165) is 28.7 Å². The van der Waals surface area contributed by atoms with Crippen LogP contribution >= 0.6 is 0 Å². The maximum Gasteiger partial charge on any atom is 0.321 e. The number of amides is 1. The minimum Gasteiger partial charge on any atom is -0.455 e. The molecule has 0 spiro atoms. The van der Waals surface area contributed by atoms with Crippen molar-refractivity contribution >= 4 is 28.0 Å². The number of nitrogens with one attached hydrogen (secondary N) is 2. The van der Waals surface area contributed by atoms with Crippen LogP contribution in [0.3, 0.4) is 0 Å². The summed E-state index contributed by atoms with van der Waals surface area (Å²) >= 11 is 0. The van der Waals surface area contributed by atoms with Crippen LogP contribution in [-0.2, 0) is 24.3 Å². The summed E-state index contributed by atoms with van der Waals surface area (Å²) in [5.41, 5.74) is 0.903. The number of carbonyl (C=O) groups excluding carboxylic acids is 2. The van der Waals surface area contributed by atoms with Gasteiger partial charge in [0.15, 0.2) is 6.61 Å². The van der Waals surface area contributed by atoms with E-state index >= 15 is 0 Å². The van der Waals surface area contributed by atoms with Crippen molar-refractivity contribution < 1.29 is 22.7 Å². The van der Waals surface area contributed by atoms with Crippen LogP contribution in [0.5, 0.6) is 0 Å². The summed E-state index contributed by atoms with van der Waals surface area (Å²) in [7, 11) is -3.79. The summed E-state index contributed by atoms with van der Waals surface area (Å²) in [6.45, 7) is 1.14. The molecule has 0 heterocycles. The van der Waals surface area contributed by atoms with Crippen LogP contribution in [0, 0.1) is 23.2 Å². The summed E-state index contributed by atoms with van der Waals surface area (Å²) in [6, 6.07) is 9.01. The molecular formula is C24H32N2O5S. The van der Waals surface area contributed by atoms with Gasteiger partial charge in [0.1, 0.15) is 6.54 Å². The molecule has 174 valence electrons. The molecule has 2 N–H and O–H groups in total. The standard InChI is InChI=1S/C24H32N2O5S/c1-17(24-12-19-9-20(13-24)11-21(10-19)14-24)26-22(27)16-31-23(28)15-25-32(29,30)8-7-18-5-3-2-4-6-18/h2-8,17,19-21,25H,9-16H2,1H3,(H,26,27). The largest absolute Gasteiger partial charge is 0.455 e. The van der Waals surface area contributed by atoms with Crippen LogP contribution in [0.1, 0.15) is 51.0 Å². The number of benzene rings is 1. The Morgan fingerprint density at radius 1 is 1.09 bits per heavy atom. The van der Waals surface area contributed by atoms with Gasteiger partial charge in [0.25, 0.3) is 5.91 Å². The van der Waals surface area contributed by atoms with E-state index in [2.05, 4.69) is 17.0 Å². The van der Waals surface area contributed by atoms with Crippen molar-refractivity contribution in [2.24, 2.45) is 23.2 Å². The van der Waals surface area contributed by atoms with Gasteiger partial charge in [-0.15, -0.1) is 0 Å². The van der Waals surface area contributed by atoms with Gasteiger partial charge >= 0.3 is 5.97 Å². The van der Waals surface area contributed by atoms with E-state index < -0.39 is 29.1 Å². The highest BCUT2D eigenvalue weighted by atomic mass is 32.2. The van der Waals surface area contributed by atoms with Crippen LogP contribution in [0.25, 0.3) is 6.08 Å². The number of rotatable bonds is 9. The zero-order valence-electron chi connectivity index (χ0n) is 18.5. The van der Waals surface area contributed by atoms with Gasteiger partial charge in [0.05, 0.1) is 0 Å². The van der Waals surface area contributed by atoms with Gasteiger partial charge in [0.2, 0.25) is 10.0 Å². The van der Waals surface area contributed by atoms with E-state index in [0.29, 0.717) is 0 Å². The molecule has 1 atom stereocenters. The third-order valence-corrected chi connectivity index (χ3v) is 8.44. The lowest BCUT2D eigenvalue weighted by molar-refractivity contribution is -0.148. The SMILES string of the molecule is CC(NC(=O)COC(=O)CNS(=O)(=O)C=Cc1ccccc1)C12CC3CC(CC(C3)C1)C2. The normalized spacial score (nSPS) is 29.7. The van der Waals surface area contributed by atoms with Crippen molar-refractivity contribution in [1.82, 2.24) is 10.0 Å². The molecule has 4 fully saturated rings. The second-order valence-corrected chi connectivity index (χ2v) is 11.5. The Labute approximate surface area is 190 Å². The van der Waals surface area contributed by atoms with Gasteiger partial charge in [0, 0.05) is 11.4 Å². The molecule has 0 aromatic heterocycles. The Kier molecular flexibility index (Phi) is 6.72.